The maximum atomic E-state index is 13.6. The van der Waals surface area contributed by atoms with E-state index in [1.54, 1.807) is 25.1 Å². The largest absolute Gasteiger partial charge is 0.496 e. The minimum absolute atomic E-state index is 0.145. The van der Waals surface area contributed by atoms with Crippen LogP contribution in [0, 0.1) is 12.7 Å². The van der Waals surface area contributed by atoms with Crippen LogP contribution in [0.3, 0.4) is 0 Å². The zero-order valence-electron chi connectivity index (χ0n) is 23.6. The number of halogens is 4. The number of amides is 2. The highest BCUT2D eigenvalue weighted by Crippen LogP contribution is 2.41. The molecule has 42 heavy (non-hydrogen) atoms. The van der Waals surface area contributed by atoms with Gasteiger partial charge in [0, 0.05) is 30.1 Å². The molecule has 0 aliphatic carbocycles. The molecule has 0 saturated heterocycles. The summed E-state index contributed by atoms with van der Waals surface area (Å²) in [6, 6.07) is 11.6. The maximum absolute atomic E-state index is 13.6. The van der Waals surface area contributed by atoms with Crippen LogP contribution in [0.4, 0.5) is 17.6 Å². The number of hydrogen-bond acceptors (Lipinski definition) is 4. The van der Waals surface area contributed by atoms with E-state index in [1.807, 2.05) is 6.92 Å². The van der Waals surface area contributed by atoms with Crippen molar-refractivity contribution >= 4 is 22.8 Å². The first kappa shape index (κ1) is 30.4. The Morgan fingerprint density at radius 1 is 1.02 bits per heavy atom. The van der Waals surface area contributed by atoms with Crippen molar-refractivity contribution in [2.45, 2.75) is 39.3 Å². The molecule has 4 aromatic rings. The summed E-state index contributed by atoms with van der Waals surface area (Å²) >= 11 is 0. The normalized spacial score (nSPS) is 11.4. The number of aryl methyl sites for hydroxylation is 2. The number of rotatable bonds is 9. The Hall–Kier alpha value is -4.60. The molecule has 0 bridgehead atoms. The van der Waals surface area contributed by atoms with Crippen molar-refractivity contribution < 1.29 is 36.3 Å². The van der Waals surface area contributed by atoms with Crippen molar-refractivity contribution in [3.8, 4) is 28.2 Å². The smallest absolute Gasteiger partial charge is 0.389 e. The van der Waals surface area contributed by atoms with Crippen molar-refractivity contribution in [2.24, 2.45) is 0 Å². The summed E-state index contributed by atoms with van der Waals surface area (Å²) in [5.74, 6) is -1.03. The molecule has 0 radical (unpaired) electrons. The monoisotopic (exact) mass is 582 g/mol. The van der Waals surface area contributed by atoms with Crippen molar-refractivity contribution in [3.05, 3.63) is 88.9 Å². The number of carbonyl (C=O) groups excluding carboxylic acids is 2. The summed E-state index contributed by atoms with van der Waals surface area (Å²) in [6.07, 6.45) is -5.40. The van der Waals surface area contributed by atoms with Gasteiger partial charge in [0.2, 0.25) is 0 Å². The van der Waals surface area contributed by atoms with Gasteiger partial charge < -0.3 is 19.8 Å². The number of nitrogens with one attached hydrogen (secondary N) is 2. The lowest BCUT2D eigenvalue weighted by Crippen LogP contribution is -2.22. The first-order chi connectivity index (χ1) is 19.9. The van der Waals surface area contributed by atoms with Gasteiger partial charge in [-0.15, -0.1) is 0 Å². The van der Waals surface area contributed by atoms with Crippen LogP contribution in [0.15, 0.2) is 65.2 Å². The van der Waals surface area contributed by atoms with Gasteiger partial charge in [0.05, 0.1) is 18.2 Å². The summed E-state index contributed by atoms with van der Waals surface area (Å²) in [7, 11) is 2.86. The second-order valence-electron chi connectivity index (χ2n) is 9.79. The second kappa shape index (κ2) is 12.1. The minimum atomic E-state index is -4.43. The number of hydrogen-bond donors (Lipinski definition) is 2. The standard InChI is InChI=1S/C32H30F4N2O4/c1-6-18(3)38-30(39)25-15-22(17(2)13-26(25)41-5)23-16-24-27(14-20(23)11-12-32(34,35)36)42-29(28(24)31(40)37-4)19-7-9-21(33)10-8-19/h7-10,13-16H,3,6,11-12H2,1-2,4-5H3,(H,37,40)(H,38,39). The maximum Gasteiger partial charge on any atom is 0.389 e. The molecule has 220 valence electrons. The Balaban J connectivity index is 2.01. The first-order valence-corrected chi connectivity index (χ1v) is 13.2. The highest BCUT2D eigenvalue weighted by molar-refractivity contribution is 6.12. The quantitative estimate of drug-likeness (QED) is 0.198. The van der Waals surface area contributed by atoms with Crippen LogP contribution in [0.2, 0.25) is 0 Å². The number of furan rings is 1. The molecule has 1 heterocycles. The predicted octanol–water partition coefficient (Wildman–Crippen LogP) is 7.73. The zero-order valence-corrected chi connectivity index (χ0v) is 23.6. The van der Waals surface area contributed by atoms with Crippen LogP contribution in [-0.2, 0) is 6.42 Å². The third-order valence-corrected chi connectivity index (χ3v) is 6.95. The number of fused-ring (bicyclic) bond motifs is 1. The fourth-order valence-electron chi connectivity index (χ4n) is 4.71. The lowest BCUT2D eigenvalue weighted by atomic mass is 9.90. The minimum Gasteiger partial charge on any atom is -0.496 e. The van der Waals surface area contributed by atoms with E-state index in [-0.39, 0.29) is 34.6 Å². The SMILES string of the molecule is C=C(CC)NC(=O)c1cc(-c2cc3c(C(=O)NC)c(-c4ccc(F)cc4)oc3cc2CCC(F)(F)F)c(C)cc1OC. The van der Waals surface area contributed by atoms with E-state index in [0.717, 1.165) is 0 Å². The molecule has 0 unspecified atom stereocenters. The Morgan fingerprint density at radius 3 is 2.31 bits per heavy atom. The van der Waals surface area contributed by atoms with Gasteiger partial charge in [0.15, 0.2) is 0 Å². The first-order valence-electron chi connectivity index (χ1n) is 13.2. The summed E-state index contributed by atoms with van der Waals surface area (Å²) in [5, 5.41) is 5.63. The van der Waals surface area contributed by atoms with Gasteiger partial charge in [0.1, 0.15) is 22.9 Å². The number of allylic oxidation sites excluding steroid dienone is 1. The van der Waals surface area contributed by atoms with E-state index >= 15 is 0 Å². The molecule has 0 aliphatic heterocycles. The number of alkyl halides is 3. The van der Waals surface area contributed by atoms with E-state index < -0.39 is 30.2 Å². The van der Waals surface area contributed by atoms with Crippen molar-refractivity contribution in [1.82, 2.24) is 10.6 Å². The number of methoxy groups -OCH3 is 1. The average Bonchev–Trinajstić information content (AvgIpc) is 3.33. The fraction of sp³-hybridized carbons (Fsp3) is 0.250. The molecule has 6 nitrogen and oxygen atoms in total. The van der Waals surface area contributed by atoms with Crippen LogP contribution in [0.1, 0.15) is 51.6 Å². The highest BCUT2D eigenvalue weighted by atomic mass is 19.4. The Bertz CT molecular complexity index is 1670. The van der Waals surface area contributed by atoms with E-state index in [0.29, 0.717) is 45.3 Å². The number of carbonyl (C=O) groups is 2. The molecule has 0 saturated carbocycles. The van der Waals surface area contributed by atoms with E-state index in [9.17, 15) is 27.2 Å². The van der Waals surface area contributed by atoms with E-state index in [4.69, 9.17) is 9.15 Å². The van der Waals surface area contributed by atoms with Gasteiger partial charge >= 0.3 is 6.18 Å². The Morgan fingerprint density at radius 2 is 1.71 bits per heavy atom. The van der Waals surface area contributed by atoms with Gasteiger partial charge in [-0.3, -0.25) is 9.59 Å². The summed E-state index contributed by atoms with van der Waals surface area (Å²) in [6.45, 7) is 7.39. The van der Waals surface area contributed by atoms with Crippen LogP contribution >= 0.6 is 0 Å². The van der Waals surface area contributed by atoms with E-state index in [1.165, 1.54) is 44.5 Å². The molecular formula is C32H30F4N2O4. The molecule has 0 fully saturated rings. The third-order valence-electron chi connectivity index (χ3n) is 6.95. The van der Waals surface area contributed by atoms with Gasteiger partial charge in [-0.05, 0) is 90.6 Å². The molecular weight excluding hydrogens is 552 g/mol. The molecule has 3 aromatic carbocycles. The van der Waals surface area contributed by atoms with Crippen molar-refractivity contribution in [3.63, 3.8) is 0 Å². The summed E-state index contributed by atoms with van der Waals surface area (Å²) in [4.78, 5) is 26.2. The van der Waals surface area contributed by atoms with Crippen LogP contribution in [0.5, 0.6) is 5.75 Å². The van der Waals surface area contributed by atoms with Crippen LogP contribution < -0.4 is 15.4 Å². The summed E-state index contributed by atoms with van der Waals surface area (Å²) in [5.41, 5.74) is 3.22. The lowest BCUT2D eigenvalue weighted by molar-refractivity contribution is -0.133. The molecule has 0 spiro atoms. The fourth-order valence-corrected chi connectivity index (χ4v) is 4.71. The molecule has 10 heteroatoms. The molecule has 0 aliphatic rings. The Kier molecular flexibility index (Phi) is 8.75. The van der Waals surface area contributed by atoms with Gasteiger partial charge in [-0.1, -0.05) is 13.5 Å². The predicted molar refractivity (Wildman–Crippen MR) is 153 cm³/mol. The number of benzene rings is 3. The van der Waals surface area contributed by atoms with Gasteiger partial charge in [-0.25, -0.2) is 4.39 Å². The van der Waals surface area contributed by atoms with Crippen LogP contribution in [0.25, 0.3) is 33.4 Å². The Labute approximate surface area is 240 Å². The van der Waals surface area contributed by atoms with Gasteiger partial charge in [-0.2, -0.15) is 13.2 Å². The number of ether oxygens (including phenoxy) is 1. The highest BCUT2D eigenvalue weighted by Gasteiger charge is 2.29. The molecule has 2 amide bonds. The van der Waals surface area contributed by atoms with Crippen molar-refractivity contribution in [1.29, 1.82) is 0 Å². The van der Waals surface area contributed by atoms with Gasteiger partial charge in [0.25, 0.3) is 11.8 Å². The topological polar surface area (TPSA) is 80.6 Å². The molecule has 0 atom stereocenters. The molecule has 4 rings (SSSR count). The zero-order chi connectivity index (χ0) is 30.8. The summed E-state index contributed by atoms with van der Waals surface area (Å²) < 4.78 is 65.3. The molecule has 1 aromatic heterocycles. The average molecular weight is 583 g/mol. The van der Waals surface area contributed by atoms with Crippen molar-refractivity contribution in [2.75, 3.05) is 14.2 Å². The second-order valence-corrected chi connectivity index (χ2v) is 9.79. The lowest BCUT2D eigenvalue weighted by Gasteiger charge is -2.17. The van der Waals surface area contributed by atoms with E-state index in [2.05, 4.69) is 17.2 Å². The third kappa shape index (κ3) is 6.32. The molecule has 2 N–H and O–H groups in total. The van der Waals surface area contributed by atoms with Crippen LogP contribution in [-0.4, -0.2) is 32.1 Å².